The molecule has 3 rings (SSSR count). The number of hydrogen-bond acceptors (Lipinski definition) is 6. The maximum absolute atomic E-state index is 12.7. The highest BCUT2D eigenvalue weighted by Gasteiger charge is 2.34. The summed E-state index contributed by atoms with van der Waals surface area (Å²) in [6, 6.07) is 13.7. The van der Waals surface area contributed by atoms with Crippen LogP contribution in [-0.2, 0) is 19.1 Å². The lowest BCUT2D eigenvalue weighted by molar-refractivity contribution is -0.148. The second-order valence-electron chi connectivity index (χ2n) is 6.40. The second kappa shape index (κ2) is 9.13. The molecule has 2 aromatic rings. The van der Waals surface area contributed by atoms with Gasteiger partial charge in [0.25, 0.3) is 11.8 Å². The number of nitrogens with zero attached hydrogens (tertiary/aromatic N) is 1. The van der Waals surface area contributed by atoms with Crippen molar-refractivity contribution in [2.45, 2.75) is 20.0 Å². The molecule has 0 spiro atoms. The molecule has 0 bridgehead atoms. The average Bonchev–Trinajstić information content (AvgIpc) is 3.04. The number of benzene rings is 2. The van der Waals surface area contributed by atoms with Gasteiger partial charge < -0.3 is 14.2 Å². The zero-order chi connectivity index (χ0) is 21.7. The highest BCUT2D eigenvalue weighted by Crippen LogP contribution is 2.31. The van der Waals surface area contributed by atoms with Crippen LogP contribution in [0.1, 0.15) is 19.4 Å². The van der Waals surface area contributed by atoms with Gasteiger partial charge in [0.05, 0.1) is 19.4 Å². The monoisotopic (exact) mass is 410 g/mol. The van der Waals surface area contributed by atoms with Crippen LogP contribution in [0.5, 0.6) is 11.5 Å². The molecular weight excluding hydrogens is 388 g/mol. The number of esters is 1. The molecule has 1 atom stereocenters. The van der Waals surface area contributed by atoms with Gasteiger partial charge in [-0.2, -0.15) is 0 Å². The summed E-state index contributed by atoms with van der Waals surface area (Å²) in [4.78, 5) is 36.7. The summed E-state index contributed by atoms with van der Waals surface area (Å²) in [5, 5.41) is 1.20. The molecule has 1 aliphatic heterocycles. The van der Waals surface area contributed by atoms with E-state index < -0.39 is 23.9 Å². The van der Waals surface area contributed by atoms with E-state index in [2.05, 4.69) is 10.2 Å². The molecule has 2 aromatic carbocycles. The molecule has 1 aliphatic rings. The number of para-hydroxylation sites is 1. The number of anilines is 1. The Morgan fingerprint density at radius 1 is 1.13 bits per heavy atom. The maximum atomic E-state index is 12.7. The van der Waals surface area contributed by atoms with Crippen molar-refractivity contribution in [2.24, 2.45) is 0 Å². The highest BCUT2D eigenvalue weighted by atomic mass is 16.6. The zero-order valence-corrected chi connectivity index (χ0v) is 16.9. The van der Waals surface area contributed by atoms with Gasteiger partial charge in [0, 0.05) is 0 Å². The molecule has 2 amide bonds. The minimum atomic E-state index is -0.819. The summed E-state index contributed by atoms with van der Waals surface area (Å²) in [7, 11) is 1.28. The lowest BCUT2D eigenvalue weighted by atomic mass is 10.1. The minimum absolute atomic E-state index is 0.00195. The van der Waals surface area contributed by atoms with E-state index in [4.69, 9.17) is 9.47 Å². The van der Waals surface area contributed by atoms with E-state index in [0.717, 1.165) is 0 Å². The molecule has 1 saturated heterocycles. The molecule has 1 heterocycles. The van der Waals surface area contributed by atoms with Crippen LogP contribution in [0.2, 0.25) is 0 Å². The second-order valence-corrected chi connectivity index (χ2v) is 6.40. The number of nitrogens with one attached hydrogen (secondary N) is 1. The SMILES string of the molecule is CCOc1cc(/C=C2/C(=O)NN(c3ccccc3)C2=O)ccc1O[C@H](C)C(=O)OC. The molecule has 0 saturated carbocycles. The standard InChI is InChI=1S/C22H22N2O6/c1-4-29-19-13-15(10-11-18(19)30-14(2)22(27)28-3)12-17-20(25)23-24(21(17)26)16-8-6-5-7-9-16/h5-14H,4H2,1-3H3,(H,23,25)/b17-12-/t14-/m1/s1. The van der Waals surface area contributed by atoms with Crippen molar-refractivity contribution in [3.63, 3.8) is 0 Å². The van der Waals surface area contributed by atoms with Gasteiger partial charge in [-0.15, -0.1) is 0 Å². The van der Waals surface area contributed by atoms with E-state index in [-0.39, 0.29) is 5.57 Å². The van der Waals surface area contributed by atoms with E-state index in [9.17, 15) is 14.4 Å². The van der Waals surface area contributed by atoms with Gasteiger partial charge in [-0.05, 0) is 49.8 Å². The van der Waals surface area contributed by atoms with Gasteiger partial charge in [0.2, 0.25) is 0 Å². The normalized spacial score (nSPS) is 15.7. The summed E-state index contributed by atoms with van der Waals surface area (Å²) < 4.78 is 15.9. The van der Waals surface area contributed by atoms with Gasteiger partial charge in [0.1, 0.15) is 5.57 Å². The van der Waals surface area contributed by atoms with Crippen molar-refractivity contribution in [3.05, 3.63) is 59.7 Å². The van der Waals surface area contributed by atoms with Gasteiger partial charge >= 0.3 is 5.97 Å². The fourth-order valence-corrected chi connectivity index (χ4v) is 2.87. The number of amides is 2. The predicted molar refractivity (Wildman–Crippen MR) is 110 cm³/mol. The Morgan fingerprint density at radius 3 is 2.53 bits per heavy atom. The molecule has 1 fully saturated rings. The van der Waals surface area contributed by atoms with E-state index >= 15 is 0 Å². The van der Waals surface area contributed by atoms with Crippen LogP contribution in [0, 0.1) is 0 Å². The minimum Gasteiger partial charge on any atom is -0.490 e. The van der Waals surface area contributed by atoms with Crippen LogP contribution in [0.4, 0.5) is 5.69 Å². The highest BCUT2D eigenvalue weighted by molar-refractivity contribution is 6.31. The van der Waals surface area contributed by atoms with Crippen LogP contribution in [0.3, 0.4) is 0 Å². The maximum Gasteiger partial charge on any atom is 0.346 e. The predicted octanol–water partition coefficient (Wildman–Crippen LogP) is 2.49. The lowest BCUT2D eigenvalue weighted by Crippen LogP contribution is -2.35. The molecule has 156 valence electrons. The molecule has 0 unspecified atom stereocenters. The summed E-state index contributed by atoms with van der Waals surface area (Å²) in [6.07, 6.45) is 0.663. The summed E-state index contributed by atoms with van der Waals surface area (Å²) in [5.74, 6) is -0.735. The Bertz CT molecular complexity index is 986. The molecule has 0 aliphatic carbocycles. The smallest absolute Gasteiger partial charge is 0.346 e. The largest absolute Gasteiger partial charge is 0.490 e. The Hall–Kier alpha value is -3.81. The molecule has 8 heteroatoms. The van der Waals surface area contributed by atoms with Crippen LogP contribution in [0.15, 0.2) is 54.1 Å². The Kier molecular flexibility index (Phi) is 6.36. The van der Waals surface area contributed by atoms with Gasteiger partial charge in [0.15, 0.2) is 17.6 Å². The number of rotatable bonds is 7. The first-order chi connectivity index (χ1) is 14.4. The van der Waals surface area contributed by atoms with Crippen molar-refractivity contribution >= 4 is 29.5 Å². The third-order valence-electron chi connectivity index (χ3n) is 4.32. The Balaban J connectivity index is 1.87. The number of methoxy groups -OCH3 is 1. The number of carbonyl (C=O) groups excluding carboxylic acids is 3. The zero-order valence-electron chi connectivity index (χ0n) is 16.9. The Labute approximate surface area is 174 Å². The number of carbonyl (C=O) groups is 3. The number of hydrazine groups is 1. The molecule has 1 N–H and O–H groups in total. The van der Waals surface area contributed by atoms with E-state index in [1.807, 2.05) is 13.0 Å². The van der Waals surface area contributed by atoms with Crippen LogP contribution in [-0.4, -0.2) is 37.6 Å². The van der Waals surface area contributed by atoms with E-state index in [1.165, 1.54) is 18.2 Å². The lowest BCUT2D eigenvalue weighted by Gasteiger charge is -2.16. The topological polar surface area (TPSA) is 94.2 Å². The molecule has 0 aromatic heterocycles. The third kappa shape index (κ3) is 4.43. The fourth-order valence-electron chi connectivity index (χ4n) is 2.87. The van der Waals surface area contributed by atoms with Crippen molar-refractivity contribution in [2.75, 3.05) is 18.7 Å². The summed E-state index contributed by atoms with van der Waals surface area (Å²) >= 11 is 0. The van der Waals surface area contributed by atoms with Gasteiger partial charge in [-0.3, -0.25) is 15.0 Å². The summed E-state index contributed by atoms with van der Waals surface area (Å²) in [6.45, 7) is 3.74. The first-order valence-electron chi connectivity index (χ1n) is 9.38. The van der Waals surface area contributed by atoms with Crippen molar-refractivity contribution in [1.82, 2.24) is 5.43 Å². The first kappa shape index (κ1) is 20.9. The van der Waals surface area contributed by atoms with Gasteiger partial charge in [-0.1, -0.05) is 24.3 Å². The first-order valence-corrected chi connectivity index (χ1v) is 9.38. The quantitative estimate of drug-likeness (QED) is 0.428. The number of hydrogen-bond donors (Lipinski definition) is 1. The van der Waals surface area contributed by atoms with Crippen LogP contribution < -0.4 is 19.9 Å². The van der Waals surface area contributed by atoms with E-state index in [0.29, 0.717) is 29.4 Å². The average molecular weight is 410 g/mol. The third-order valence-corrected chi connectivity index (χ3v) is 4.32. The summed E-state index contributed by atoms with van der Waals surface area (Å²) in [5.41, 5.74) is 3.69. The molecular formula is C22H22N2O6. The molecule has 8 nitrogen and oxygen atoms in total. The van der Waals surface area contributed by atoms with Crippen molar-refractivity contribution in [3.8, 4) is 11.5 Å². The van der Waals surface area contributed by atoms with Crippen LogP contribution >= 0.6 is 0 Å². The van der Waals surface area contributed by atoms with Crippen LogP contribution in [0.25, 0.3) is 6.08 Å². The fraction of sp³-hybridized carbons (Fsp3) is 0.227. The Morgan fingerprint density at radius 2 is 1.87 bits per heavy atom. The molecule has 0 radical (unpaired) electrons. The number of ether oxygens (including phenoxy) is 3. The van der Waals surface area contributed by atoms with Gasteiger partial charge in [-0.25, -0.2) is 9.80 Å². The van der Waals surface area contributed by atoms with E-state index in [1.54, 1.807) is 49.4 Å². The van der Waals surface area contributed by atoms with Crippen molar-refractivity contribution in [1.29, 1.82) is 0 Å². The van der Waals surface area contributed by atoms with Crippen molar-refractivity contribution < 1.29 is 28.6 Å². The molecule has 30 heavy (non-hydrogen) atoms.